The van der Waals surface area contributed by atoms with Gasteiger partial charge in [0, 0.05) is 62.4 Å². The van der Waals surface area contributed by atoms with Crippen molar-refractivity contribution in [3.8, 4) is 0 Å². The van der Waals surface area contributed by atoms with Crippen LogP contribution >= 0.6 is 0 Å². The Bertz CT molecular complexity index is 1420. The Morgan fingerprint density at radius 2 is 1.95 bits per heavy atom. The molecule has 0 unspecified atom stereocenters. The summed E-state index contributed by atoms with van der Waals surface area (Å²) in [5, 5.41) is 29.0. The Balaban J connectivity index is 1.47. The van der Waals surface area contributed by atoms with Crippen molar-refractivity contribution in [2.24, 2.45) is 13.0 Å². The minimum absolute atomic E-state index is 0.0786. The molecule has 202 valence electrons. The number of aliphatic hydroxyl groups excluding tert-OH is 1. The molecule has 2 heterocycles. The van der Waals surface area contributed by atoms with Crippen molar-refractivity contribution >= 4 is 27.6 Å². The predicted molar refractivity (Wildman–Crippen MR) is 142 cm³/mol. The number of aliphatic hydroxyl groups is 1. The molecule has 2 fully saturated rings. The van der Waals surface area contributed by atoms with Crippen LogP contribution in [-0.4, -0.2) is 76.2 Å². The Hall–Kier alpha value is -3.19. The second kappa shape index (κ2) is 10.5. The molecule has 3 aromatic rings. The maximum absolute atomic E-state index is 13.4. The number of piperazine rings is 1. The van der Waals surface area contributed by atoms with Crippen molar-refractivity contribution in [1.29, 1.82) is 5.41 Å². The first kappa shape index (κ1) is 26.4. The quantitative estimate of drug-likeness (QED) is 0.374. The fourth-order valence-electron chi connectivity index (χ4n) is 5.30. The van der Waals surface area contributed by atoms with Gasteiger partial charge in [-0.05, 0) is 73.2 Å². The minimum atomic E-state index is -3.83. The fraction of sp³-hybridized carbons (Fsp3) is 0.423. The smallest absolute Gasteiger partial charge is 0.264 e. The van der Waals surface area contributed by atoms with Gasteiger partial charge >= 0.3 is 0 Å². The molecule has 3 N–H and O–H groups in total. The fourth-order valence-corrected chi connectivity index (χ4v) is 6.63. The molecule has 12 heteroatoms. The molecule has 38 heavy (non-hydrogen) atoms. The zero-order valence-corrected chi connectivity index (χ0v) is 22.2. The van der Waals surface area contributed by atoms with E-state index in [1.165, 1.54) is 33.6 Å². The summed E-state index contributed by atoms with van der Waals surface area (Å²) in [6.45, 7) is 3.82. The third-order valence-electron chi connectivity index (χ3n) is 7.42. The van der Waals surface area contributed by atoms with E-state index in [9.17, 15) is 17.9 Å². The molecule has 0 radical (unpaired) electrons. The van der Waals surface area contributed by atoms with Gasteiger partial charge in [-0.25, -0.2) is 12.8 Å². The highest BCUT2D eigenvalue weighted by molar-refractivity contribution is 7.89. The first-order chi connectivity index (χ1) is 18.1. The van der Waals surface area contributed by atoms with Gasteiger partial charge in [0.25, 0.3) is 10.0 Å². The van der Waals surface area contributed by atoms with Crippen molar-refractivity contribution in [1.82, 2.24) is 24.2 Å². The molecule has 1 aliphatic carbocycles. The maximum atomic E-state index is 13.4. The zero-order valence-electron chi connectivity index (χ0n) is 21.4. The third kappa shape index (κ3) is 5.35. The topological polar surface area (TPSA) is 127 Å². The van der Waals surface area contributed by atoms with Crippen molar-refractivity contribution < 1.29 is 17.9 Å². The van der Waals surface area contributed by atoms with E-state index in [1.54, 1.807) is 19.2 Å². The lowest BCUT2D eigenvalue weighted by molar-refractivity contribution is 0.00591. The molecular weight excluding hydrogens is 509 g/mol. The molecule has 5 rings (SSSR count). The number of rotatable bonds is 8. The Labute approximate surface area is 221 Å². The second-order valence-electron chi connectivity index (χ2n) is 10.1. The van der Waals surface area contributed by atoms with E-state index in [-0.39, 0.29) is 29.5 Å². The molecule has 1 atom stereocenters. The van der Waals surface area contributed by atoms with Gasteiger partial charge in [-0.2, -0.15) is 14.2 Å². The predicted octanol–water partition coefficient (Wildman–Crippen LogP) is 2.82. The monoisotopic (exact) mass is 541 g/mol. The van der Waals surface area contributed by atoms with Crippen LogP contribution in [0.15, 0.2) is 47.6 Å². The molecule has 1 saturated carbocycles. The van der Waals surface area contributed by atoms with Crippen LogP contribution in [0.5, 0.6) is 0 Å². The molecule has 1 saturated heterocycles. The standard InChI is InChI=1S/C26H32FN7O3S/c1-17-9-24(30-21-5-3-20(27)4-6-21)19(13-28)12-23(17)25-16-34(38(36,37)26-14-29-32(2)31-26)8-7-33(25)15-18-10-22(35)11-18/h3-6,9,12-14,18,22,25,28,30,35H,7-8,10-11,15-16H2,1-2H3/t18-,22+,25-/m0/s1. The SMILES string of the molecule is Cc1cc(Nc2ccc(F)cc2)c(C=N)cc1[C@@H]1CN(S(=O)(=O)c2cnn(C)n2)CCN1C[C@H]1C[C@@H](O)C1. The molecule has 0 spiro atoms. The normalized spacial score (nSPS) is 22.7. The van der Waals surface area contributed by atoms with Gasteiger partial charge < -0.3 is 15.8 Å². The number of anilines is 2. The summed E-state index contributed by atoms with van der Waals surface area (Å²) in [4.78, 5) is 3.53. The van der Waals surface area contributed by atoms with Crippen LogP contribution in [0.2, 0.25) is 0 Å². The molecule has 0 bridgehead atoms. The summed E-state index contributed by atoms with van der Waals surface area (Å²) < 4.78 is 41.6. The van der Waals surface area contributed by atoms with Gasteiger partial charge in [-0.3, -0.25) is 4.90 Å². The number of hydrogen-bond donors (Lipinski definition) is 3. The maximum Gasteiger partial charge on any atom is 0.264 e. The lowest BCUT2D eigenvalue weighted by atomic mass is 9.81. The van der Waals surface area contributed by atoms with Crippen LogP contribution in [-0.2, 0) is 17.1 Å². The lowest BCUT2D eigenvalue weighted by Crippen LogP contribution is -2.52. The number of sulfonamides is 1. The van der Waals surface area contributed by atoms with Gasteiger partial charge in [-0.15, -0.1) is 5.10 Å². The Morgan fingerprint density at radius 1 is 1.21 bits per heavy atom. The van der Waals surface area contributed by atoms with E-state index in [0.29, 0.717) is 35.9 Å². The summed E-state index contributed by atoms with van der Waals surface area (Å²) >= 11 is 0. The molecule has 0 amide bonds. The largest absolute Gasteiger partial charge is 0.393 e. The number of halogens is 1. The van der Waals surface area contributed by atoms with Crippen LogP contribution in [0, 0.1) is 24.1 Å². The van der Waals surface area contributed by atoms with Crippen LogP contribution in [0.4, 0.5) is 15.8 Å². The van der Waals surface area contributed by atoms with Crippen molar-refractivity contribution in [3.05, 3.63) is 65.1 Å². The molecule has 10 nitrogen and oxygen atoms in total. The summed E-state index contributed by atoms with van der Waals surface area (Å²) in [5.41, 5.74) is 3.93. The van der Waals surface area contributed by atoms with Gasteiger partial charge in [0.1, 0.15) is 5.82 Å². The van der Waals surface area contributed by atoms with Gasteiger partial charge in [0.15, 0.2) is 0 Å². The highest BCUT2D eigenvalue weighted by atomic mass is 32.2. The second-order valence-corrected chi connectivity index (χ2v) is 12.0. The van der Waals surface area contributed by atoms with E-state index < -0.39 is 10.0 Å². The number of hydrogen-bond acceptors (Lipinski definition) is 8. The van der Waals surface area contributed by atoms with Crippen LogP contribution in [0.1, 0.15) is 35.6 Å². The number of nitrogens with one attached hydrogen (secondary N) is 2. The third-order valence-corrected chi connectivity index (χ3v) is 9.14. The van der Waals surface area contributed by atoms with E-state index >= 15 is 0 Å². The van der Waals surface area contributed by atoms with Crippen molar-refractivity contribution in [3.63, 3.8) is 0 Å². The van der Waals surface area contributed by atoms with Crippen LogP contribution in [0.25, 0.3) is 0 Å². The molecule has 2 aliphatic rings. The van der Waals surface area contributed by atoms with Crippen LogP contribution < -0.4 is 5.32 Å². The summed E-state index contributed by atoms with van der Waals surface area (Å²) in [6.07, 6.45) is 3.76. The Morgan fingerprint density at radius 3 is 2.58 bits per heavy atom. The Kier molecular flexibility index (Phi) is 7.32. The number of aromatic nitrogens is 3. The summed E-state index contributed by atoms with van der Waals surface area (Å²) in [7, 11) is -2.25. The van der Waals surface area contributed by atoms with Gasteiger partial charge in [0.2, 0.25) is 5.03 Å². The first-order valence-electron chi connectivity index (χ1n) is 12.6. The highest BCUT2D eigenvalue weighted by Crippen LogP contribution is 2.36. The first-order valence-corrected chi connectivity index (χ1v) is 14.0. The van der Waals surface area contributed by atoms with Crippen LogP contribution in [0.3, 0.4) is 0 Å². The van der Waals surface area contributed by atoms with Gasteiger partial charge in [0.05, 0.1) is 12.3 Å². The molecule has 1 aliphatic heterocycles. The van der Waals surface area contributed by atoms with Crippen molar-refractivity contribution in [2.75, 3.05) is 31.5 Å². The van der Waals surface area contributed by atoms with E-state index in [2.05, 4.69) is 20.4 Å². The summed E-state index contributed by atoms with van der Waals surface area (Å²) in [6, 6.07) is 9.65. The summed E-state index contributed by atoms with van der Waals surface area (Å²) in [5.74, 6) is 0.0318. The molecular formula is C26H32FN7O3S. The number of aryl methyl sites for hydroxylation is 2. The number of nitrogens with zero attached hydrogens (tertiary/aromatic N) is 5. The zero-order chi connectivity index (χ0) is 27.0. The molecule has 2 aromatic carbocycles. The van der Waals surface area contributed by atoms with E-state index in [0.717, 1.165) is 30.5 Å². The highest BCUT2D eigenvalue weighted by Gasteiger charge is 2.39. The minimum Gasteiger partial charge on any atom is -0.393 e. The number of benzene rings is 2. The van der Waals surface area contributed by atoms with Gasteiger partial charge in [-0.1, -0.05) is 0 Å². The average Bonchev–Trinajstić information content (AvgIpc) is 3.32. The van der Waals surface area contributed by atoms with E-state index in [1.807, 2.05) is 19.1 Å². The van der Waals surface area contributed by atoms with E-state index in [4.69, 9.17) is 5.41 Å². The average molecular weight is 542 g/mol. The molecule has 1 aromatic heterocycles. The lowest BCUT2D eigenvalue weighted by Gasteiger charge is -2.45. The van der Waals surface area contributed by atoms with Crippen molar-refractivity contribution in [2.45, 2.75) is 36.9 Å².